The van der Waals surface area contributed by atoms with E-state index >= 15 is 0 Å². The summed E-state index contributed by atoms with van der Waals surface area (Å²) in [6, 6.07) is 6.64. The molecule has 2 amide bonds. The number of amides is 2. The number of nitrogens with one attached hydrogen (secondary N) is 2. The second-order valence-electron chi connectivity index (χ2n) is 3.93. The Morgan fingerprint density at radius 1 is 1.42 bits per heavy atom. The maximum absolute atomic E-state index is 11.5. The summed E-state index contributed by atoms with van der Waals surface area (Å²) >= 11 is 0. The number of primary sulfonamides is 1. The topological polar surface area (TPSA) is 125 Å². The lowest BCUT2D eigenvalue weighted by Crippen LogP contribution is -2.35. The van der Waals surface area contributed by atoms with E-state index in [9.17, 15) is 13.2 Å². The van der Waals surface area contributed by atoms with Crippen LogP contribution >= 0.6 is 0 Å². The zero-order valence-corrected chi connectivity index (χ0v) is 11.1. The second kappa shape index (κ2) is 6.17. The second-order valence-corrected chi connectivity index (χ2v) is 5.49. The molecule has 0 radical (unpaired) electrons. The van der Waals surface area contributed by atoms with Crippen LogP contribution < -0.4 is 15.8 Å². The molecule has 1 aromatic carbocycles. The van der Waals surface area contributed by atoms with Crippen molar-refractivity contribution < 1.29 is 13.2 Å². The Balaban J connectivity index is 2.64. The zero-order chi connectivity index (χ0) is 14.5. The van der Waals surface area contributed by atoms with Crippen molar-refractivity contribution in [3.8, 4) is 6.07 Å². The summed E-state index contributed by atoms with van der Waals surface area (Å²) in [6.45, 7) is 1.70. The van der Waals surface area contributed by atoms with E-state index in [-0.39, 0.29) is 17.4 Å². The van der Waals surface area contributed by atoms with Gasteiger partial charge in [-0.15, -0.1) is 0 Å². The molecule has 0 aliphatic rings. The fraction of sp³-hybridized carbons (Fsp3) is 0.273. The Hall–Kier alpha value is -2.11. The maximum atomic E-state index is 11.5. The molecule has 4 N–H and O–H groups in total. The lowest BCUT2D eigenvalue weighted by Gasteiger charge is -2.11. The smallest absolute Gasteiger partial charge is 0.319 e. The first-order valence-electron chi connectivity index (χ1n) is 5.40. The molecule has 102 valence electrons. The van der Waals surface area contributed by atoms with Crippen LogP contribution in [0.1, 0.15) is 13.3 Å². The Morgan fingerprint density at radius 3 is 2.47 bits per heavy atom. The molecule has 0 spiro atoms. The van der Waals surface area contributed by atoms with Crippen LogP contribution in [0, 0.1) is 11.3 Å². The molecule has 0 aliphatic carbocycles. The minimum Gasteiger partial charge on any atom is -0.334 e. The summed E-state index contributed by atoms with van der Waals surface area (Å²) in [4.78, 5) is 11.5. The highest BCUT2D eigenvalue weighted by Gasteiger charge is 2.09. The standard InChI is InChI=1S/C11H14N4O3S/c1-8(6-7-12)14-11(16)15-9-2-4-10(5-3-9)19(13,17)18/h2-5,8H,6H2,1H3,(H2,13,17,18)(H2,14,15,16). The van der Waals surface area contributed by atoms with Gasteiger partial charge in [0.15, 0.2) is 0 Å². The van der Waals surface area contributed by atoms with E-state index in [4.69, 9.17) is 10.4 Å². The number of urea groups is 1. The molecule has 19 heavy (non-hydrogen) atoms. The number of hydrogen-bond donors (Lipinski definition) is 3. The molecule has 0 aliphatic heterocycles. The molecule has 0 fully saturated rings. The lowest BCUT2D eigenvalue weighted by atomic mass is 10.2. The van der Waals surface area contributed by atoms with E-state index < -0.39 is 16.1 Å². The molecule has 0 saturated heterocycles. The molecule has 1 unspecified atom stereocenters. The molecule has 1 atom stereocenters. The summed E-state index contributed by atoms with van der Waals surface area (Å²) in [5, 5.41) is 18.5. The number of anilines is 1. The quantitative estimate of drug-likeness (QED) is 0.753. The first-order valence-corrected chi connectivity index (χ1v) is 6.95. The predicted molar refractivity (Wildman–Crippen MR) is 69.7 cm³/mol. The number of nitrogens with zero attached hydrogens (tertiary/aromatic N) is 1. The largest absolute Gasteiger partial charge is 0.334 e. The molecule has 0 heterocycles. The predicted octanol–water partition coefficient (Wildman–Crippen LogP) is 0.758. The van der Waals surface area contributed by atoms with Gasteiger partial charge in [-0.2, -0.15) is 5.26 Å². The van der Waals surface area contributed by atoms with Crippen LogP contribution in [0.3, 0.4) is 0 Å². The van der Waals surface area contributed by atoms with Crippen molar-refractivity contribution in [1.29, 1.82) is 5.26 Å². The van der Waals surface area contributed by atoms with Crippen LogP contribution in [0.15, 0.2) is 29.2 Å². The average Bonchev–Trinajstić information content (AvgIpc) is 2.28. The molecular weight excluding hydrogens is 268 g/mol. The molecule has 1 aromatic rings. The first-order chi connectivity index (χ1) is 8.82. The summed E-state index contributed by atoms with van der Waals surface area (Å²) in [5.74, 6) is 0. The van der Waals surface area contributed by atoms with Gasteiger partial charge in [-0.1, -0.05) is 0 Å². The van der Waals surface area contributed by atoms with Crippen molar-refractivity contribution in [2.45, 2.75) is 24.3 Å². The van der Waals surface area contributed by atoms with E-state index in [1.165, 1.54) is 24.3 Å². The molecule has 0 bridgehead atoms. The van der Waals surface area contributed by atoms with E-state index in [2.05, 4.69) is 10.6 Å². The summed E-state index contributed by atoms with van der Waals surface area (Å²) in [5.41, 5.74) is 0.425. The molecule has 0 aromatic heterocycles. The van der Waals surface area contributed by atoms with Gasteiger partial charge in [0.1, 0.15) is 0 Å². The van der Waals surface area contributed by atoms with Crippen LogP contribution in [0.4, 0.5) is 10.5 Å². The number of carbonyl (C=O) groups excluding carboxylic acids is 1. The van der Waals surface area contributed by atoms with Crippen LogP contribution in [0.5, 0.6) is 0 Å². The first kappa shape index (κ1) is 14.9. The Morgan fingerprint density at radius 2 is 2.00 bits per heavy atom. The van der Waals surface area contributed by atoms with Gasteiger partial charge in [0.05, 0.1) is 17.4 Å². The number of carbonyl (C=O) groups is 1. The van der Waals surface area contributed by atoms with Crippen molar-refractivity contribution >= 4 is 21.7 Å². The Labute approximate surface area is 111 Å². The summed E-state index contributed by atoms with van der Waals surface area (Å²) in [7, 11) is -3.74. The van der Waals surface area contributed by atoms with Crippen LogP contribution in [-0.4, -0.2) is 20.5 Å². The fourth-order valence-electron chi connectivity index (χ4n) is 1.31. The lowest BCUT2D eigenvalue weighted by molar-refractivity contribution is 0.249. The summed E-state index contributed by atoms with van der Waals surface area (Å²) in [6.07, 6.45) is 0.206. The third-order valence-electron chi connectivity index (χ3n) is 2.22. The van der Waals surface area contributed by atoms with Gasteiger partial charge in [0.2, 0.25) is 10.0 Å². The molecule has 7 nitrogen and oxygen atoms in total. The van der Waals surface area contributed by atoms with Gasteiger partial charge >= 0.3 is 6.03 Å². The van der Waals surface area contributed by atoms with E-state index in [1.807, 2.05) is 6.07 Å². The highest BCUT2D eigenvalue weighted by Crippen LogP contribution is 2.12. The third-order valence-corrected chi connectivity index (χ3v) is 3.14. The van der Waals surface area contributed by atoms with Crippen molar-refractivity contribution in [2.24, 2.45) is 5.14 Å². The normalized spacial score (nSPS) is 12.3. The zero-order valence-electron chi connectivity index (χ0n) is 10.3. The van der Waals surface area contributed by atoms with Crippen LogP contribution in [0.25, 0.3) is 0 Å². The number of sulfonamides is 1. The molecule has 1 rings (SSSR count). The van der Waals surface area contributed by atoms with E-state index in [1.54, 1.807) is 6.92 Å². The minimum absolute atomic E-state index is 0.0312. The minimum atomic E-state index is -3.74. The summed E-state index contributed by atoms with van der Waals surface area (Å²) < 4.78 is 22.1. The maximum Gasteiger partial charge on any atom is 0.319 e. The van der Waals surface area contributed by atoms with E-state index in [0.717, 1.165) is 0 Å². The fourth-order valence-corrected chi connectivity index (χ4v) is 1.82. The highest BCUT2D eigenvalue weighted by molar-refractivity contribution is 7.89. The number of benzene rings is 1. The van der Waals surface area contributed by atoms with Gasteiger partial charge in [-0.25, -0.2) is 18.4 Å². The van der Waals surface area contributed by atoms with Gasteiger partial charge in [-0.05, 0) is 31.2 Å². The molecule has 0 saturated carbocycles. The average molecular weight is 282 g/mol. The van der Waals surface area contributed by atoms with Gasteiger partial charge in [-0.3, -0.25) is 0 Å². The SMILES string of the molecule is CC(CC#N)NC(=O)Nc1ccc(S(N)(=O)=O)cc1. The highest BCUT2D eigenvalue weighted by atomic mass is 32.2. The van der Waals surface area contributed by atoms with Crippen molar-refractivity contribution in [3.05, 3.63) is 24.3 Å². The van der Waals surface area contributed by atoms with Crippen molar-refractivity contribution in [2.75, 3.05) is 5.32 Å². The molecular formula is C11H14N4O3S. The number of nitrogens with two attached hydrogens (primary N) is 1. The number of nitriles is 1. The van der Waals surface area contributed by atoms with E-state index in [0.29, 0.717) is 5.69 Å². The van der Waals surface area contributed by atoms with Crippen LogP contribution in [-0.2, 0) is 10.0 Å². The van der Waals surface area contributed by atoms with Crippen LogP contribution in [0.2, 0.25) is 0 Å². The van der Waals surface area contributed by atoms with Gasteiger partial charge in [0.25, 0.3) is 0 Å². The Kier molecular flexibility index (Phi) is 4.86. The van der Waals surface area contributed by atoms with Gasteiger partial charge < -0.3 is 10.6 Å². The Bertz CT molecular complexity index is 589. The third kappa shape index (κ3) is 4.95. The number of hydrogen-bond acceptors (Lipinski definition) is 4. The monoisotopic (exact) mass is 282 g/mol. The van der Waals surface area contributed by atoms with Crippen molar-refractivity contribution in [3.63, 3.8) is 0 Å². The van der Waals surface area contributed by atoms with Gasteiger partial charge in [0, 0.05) is 11.7 Å². The van der Waals surface area contributed by atoms with Crippen molar-refractivity contribution in [1.82, 2.24) is 5.32 Å². The number of rotatable bonds is 4. The molecule has 8 heteroatoms.